The zero-order valence-corrected chi connectivity index (χ0v) is 11.8. The molecule has 0 saturated carbocycles. The standard InChI is InChI=1S/C13H17BrFNO2/c1-2-3-4-12(13(17)18)16-8-9-5-6-10(14)7-11(9)15/h5-7,12,16H,2-4,8H2,1H3,(H,17,18)/t12-/m0/s1. The summed E-state index contributed by atoms with van der Waals surface area (Å²) in [6.07, 6.45) is 2.34. The van der Waals surface area contributed by atoms with E-state index >= 15 is 0 Å². The molecule has 0 unspecified atom stereocenters. The lowest BCUT2D eigenvalue weighted by atomic mass is 10.1. The van der Waals surface area contributed by atoms with Crippen LogP contribution in [0.15, 0.2) is 22.7 Å². The Labute approximate surface area is 115 Å². The third-order valence-electron chi connectivity index (χ3n) is 2.70. The first-order chi connectivity index (χ1) is 8.54. The maximum atomic E-state index is 13.5. The van der Waals surface area contributed by atoms with Gasteiger partial charge in [0.05, 0.1) is 0 Å². The van der Waals surface area contributed by atoms with Gasteiger partial charge in [0.1, 0.15) is 11.9 Å². The van der Waals surface area contributed by atoms with Gasteiger partial charge in [-0.2, -0.15) is 0 Å². The van der Waals surface area contributed by atoms with Crippen LogP contribution < -0.4 is 5.32 Å². The molecule has 0 aromatic heterocycles. The van der Waals surface area contributed by atoms with E-state index in [2.05, 4.69) is 21.2 Å². The molecule has 0 bridgehead atoms. The van der Waals surface area contributed by atoms with Crippen molar-refractivity contribution in [2.75, 3.05) is 0 Å². The van der Waals surface area contributed by atoms with Crippen molar-refractivity contribution in [1.29, 1.82) is 0 Å². The highest BCUT2D eigenvalue weighted by atomic mass is 79.9. The fourth-order valence-corrected chi connectivity index (χ4v) is 1.95. The minimum atomic E-state index is -0.888. The summed E-state index contributed by atoms with van der Waals surface area (Å²) in [5.41, 5.74) is 0.473. The minimum absolute atomic E-state index is 0.222. The topological polar surface area (TPSA) is 49.3 Å². The summed E-state index contributed by atoms with van der Waals surface area (Å²) in [6.45, 7) is 2.23. The first kappa shape index (κ1) is 15.1. The number of carboxylic acid groups (broad SMARTS) is 1. The first-order valence-electron chi connectivity index (χ1n) is 5.94. The van der Waals surface area contributed by atoms with E-state index in [1.807, 2.05) is 6.92 Å². The number of rotatable bonds is 7. The fourth-order valence-electron chi connectivity index (χ4n) is 1.62. The normalized spacial score (nSPS) is 12.4. The van der Waals surface area contributed by atoms with Crippen LogP contribution in [-0.4, -0.2) is 17.1 Å². The van der Waals surface area contributed by atoms with Gasteiger partial charge in [-0.25, -0.2) is 4.39 Å². The Morgan fingerprint density at radius 1 is 1.56 bits per heavy atom. The third kappa shape index (κ3) is 4.74. The molecule has 100 valence electrons. The van der Waals surface area contributed by atoms with Crippen LogP contribution in [0.2, 0.25) is 0 Å². The molecule has 1 atom stereocenters. The van der Waals surface area contributed by atoms with Gasteiger partial charge in [-0.1, -0.05) is 41.8 Å². The van der Waals surface area contributed by atoms with Gasteiger partial charge in [0.25, 0.3) is 0 Å². The molecular formula is C13H17BrFNO2. The van der Waals surface area contributed by atoms with Crippen molar-refractivity contribution in [1.82, 2.24) is 5.32 Å². The largest absolute Gasteiger partial charge is 0.480 e. The maximum Gasteiger partial charge on any atom is 0.320 e. The molecule has 0 heterocycles. The average molecular weight is 318 g/mol. The van der Waals surface area contributed by atoms with E-state index in [9.17, 15) is 9.18 Å². The molecule has 1 aromatic rings. The van der Waals surface area contributed by atoms with Gasteiger partial charge in [0.15, 0.2) is 0 Å². The lowest BCUT2D eigenvalue weighted by molar-refractivity contribution is -0.139. The summed E-state index contributed by atoms with van der Waals surface area (Å²) in [7, 11) is 0. The van der Waals surface area contributed by atoms with Gasteiger partial charge < -0.3 is 10.4 Å². The third-order valence-corrected chi connectivity index (χ3v) is 3.19. The number of hydrogen-bond acceptors (Lipinski definition) is 2. The summed E-state index contributed by atoms with van der Waals surface area (Å²) in [6, 6.07) is 4.14. The van der Waals surface area contributed by atoms with Gasteiger partial charge in [0, 0.05) is 16.6 Å². The van der Waals surface area contributed by atoms with E-state index in [0.717, 1.165) is 12.8 Å². The summed E-state index contributed by atoms with van der Waals surface area (Å²) in [5, 5.41) is 11.9. The van der Waals surface area contributed by atoms with Crippen LogP contribution in [0.25, 0.3) is 0 Å². The average Bonchev–Trinajstić information content (AvgIpc) is 2.31. The number of carbonyl (C=O) groups is 1. The zero-order chi connectivity index (χ0) is 13.5. The van der Waals surface area contributed by atoms with Crippen molar-refractivity contribution in [3.8, 4) is 0 Å². The number of hydrogen-bond donors (Lipinski definition) is 2. The molecule has 5 heteroatoms. The smallest absolute Gasteiger partial charge is 0.320 e. The Balaban J connectivity index is 2.58. The predicted molar refractivity (Wildman–Crippen MR) is 71.9 cm³/mol. The van der Waals surface area contributed by atoms with Crippen LogP contribution in [0, 0.1) is 5.82 Å². The van der Waals surface area contributed by atoms with E-state index in [1.54, 1.807) is 12.1 Å². The molecule has 0 aliphatic carbocycles. The van der Waals surface area contributed by atoms with Crippen LogP contribution in [0.3, 0.4) is 0 Å². The Kier molecular flexibility index (Phi) is 6.29. The van der Waals surface area contributed by atoms with Crippen LogP contribution in [-0.2, 0) is 11.3 Å². The number of aliphatic carboxylic acids is 1. The summed E-state index contributed by atoms with van der Waals surface area (Å²) >= 11 is 3.18. The lowest BCUT2D eigenvalue weighted by Crippen LogP contribution is -2.36. The van der Waals surface area contributed by atoms with E-state index in [4.69, 9.17) is 5.11 Å². The predicted octanol–water partition coefficient (Wildman–Crippen LogP) is 3.32. The second-order valence-corrected chi connectivity index (χ2v) is 5.07. The van der Waals surface area contributed by atoms with Crippen molar-refractivity contribution in [3.05, 3.63) is 34.1 Å². The SMILES string of the molecule is CCCC[C@H](NCc1ccc(Br)cc1F)C(=O)O. The van der Waals surface area contributed by atoms with Crippen LogP contribution in [0.1, 0.15) is 31.7 Å². The van der Waals surface area contributed by atoms with E-state index in [-0.39, 0.29) is 12.4 Å². The van der Waals surface area contributed by atoms with Crippen LogP contribution in [0.4, 0.5) is 4.39 Å². The molecule has 1 aromatic carbocycles. The number of halogens is 2. The van der Waals surface area contributed by atoms with Crippen molar-refractivity contribution in [2.24, 2.45) is 0 Å². The van der Waals surface area contributed by atoms with Gasteiger partial charge in [0.2, 0.25) is 0 Å². The Bertz CT molecular complexity index is 412. The van der Waals surface area contributed by atoms with E-state index in [1.165, 1.54) is 6.07 Å². The van der Waals surface area contributed by atoms with Crippen molar-refractivity contribution in [3.63, 3.8) is 0 Å². The highest BCUT2D eigenvalue weighted by molar-refractivity contribution is 9.10. The molecule has 1 rings (SSSR count). The quantitative estimate of drug-likeness (QED) is 0.811. The van der Waals surface area contributed by atoms with Crippen molar-refractivity contribution >= 4 is 21.9 Å². The van der Waals surface area contributed by atoms with Gasteiger partial charge in [-0.15, -0.1) is 0 Å². The molecular weight excluding hydrogens is 301 g/mol. The molecule has 0 fully saturated rings. The monoisotopic (exact) mass is 317 g/mol. The number of unbranched alkanes of at least 4 members (excludes halogenated alkanes) is 1. The Hall–Kier alpha value is -0.940. The van der Waals surface area contributed by atoms with E-state index in [0.29, 0.717) is 16.5 Å². The summed E-state index contributed by atoms with van der Waals surface area (Å²) in [5.74, 6) is -1.22. The Morgan fingerprint density at radius 2 is 2.28 bits per heavy atom. The number of benzene rings is 1. The Morgan fingerprint density at radius 3 is 2.83 bits per heavy atom. The maximum absolute atomic E-state index is 13.5. The molecule has 0 aliphatic rings. The molecule has 0 spiro atoms. The molecule has 0 radical (unpaired) electrons. The second kappa shape index (κ2) is 7.48. The fraction of sp³-hybridized carbons (Fsp3) is 0.462. The molecule has 2 N–H and O–H groups in total. The highest BCUT2D eigenvalue weighted by Crippen LogP contribution is 2.15. The minimum Gasteiger partial charge on any atom is -0.480 e. The molecule has 0 amide bonds. The molecule has 18 heavy (non-hydrogen) atoms. The van der Waals surface area contributed by atoms with Gasteiger partial charge in [-0.05, 0) is 18.6 Å². The van der Waals surface area contributed by atoms with E-state index < -0.39 is 12.0 Å². The second-order valence-electron chi connectivity index (χ2n) is 4.15. The van der Waals surface area contributed by atoms with Crippen molar-refractivity contribution < 1.29 is 14.3 Å². The highest BCUT2D eigenvalue weighted by Gasteiger charge is 2.16. The summed E-state index contributed by atoms with van der Waals surface area (Å²) < 4.78 is 14.2. The van der Waals surface area contributed by atoms with Gasteiger partial charge in [-0.3, -0.25) is 4.79 Å². The van der Waals surface area contributed by atoms with Crippen molar-refractivity contribution in [2.45, 2.75) is 38.8 Å². The summed E-state index contributed by atoms with van der Waals surface area (Å²) in [4.78, 5) is 11.0. The van der Waals surface area contributed by atoms with Crippen LogP contribution >= 0.6 is 15.9 Å². The van der Waals surface area contributed by atoms with Crippen LogP contribution in [0.5, 0.6) is 0 Å². The lowest BCUT2D eigenvalue weighted by Gasteiger charge is -2.14. The first-order valence-corrected chi connectivity index (χ1v) is 6.74. The number of carboxylic acids is 1. The van der Waals surface area contributed by atoms with Gasteiger partial charge >= 0.3 is 5.97 Å². The number of nitrogens with one attached hydrogen (secondary N) is 1. The molecule has 0 saturated heterocycles. The molecule has 0 aliphatic heterocycles. The zero-order valence-electron chi connectivity index (χ0n) is 10.2. The molecule has 3 nitrogen and oxygen atoms in total.